The average Bonchev–Trinajstić information content (AvgIpc) is 2.18. The monoisotopic (exact) mass is 154 g/mol. The number of rotatable bonds is 2. The first-order chi connectivity index (χ1) is 5.11. The summed E-state index contributed by atoms with van der Waals surface area (Å²) in [7, 11) is 1.76. The van der Waals surface area contributed by atoms with Gasteiger partial charge in [0.2, 0.25) is 5.91 Å². The first-order valence-electron chi connectivity index (χ1n) is 3.15. The van der Waals surface area contributed by atoms with E-state index in [0.29, 0.717) is 11.5 Å². The quantitative estimate of drug-likeness (QED) is 0.574. The van der Waals surface area contributed by atoms with Gasteiger partial charge in [-0.3, -0.25) is 4.79 Å². The Hall–Kier alpha value is -1.52. The minimum absolute atomic E-state index is 0.104. The van der Waals surface area contributed by atoms with E-state index in [9.17, 15) is 4.79 Å². The topological polar surface area (TPSA) is 86.9 Å². The van der Waals surface area contributed by atoms with E-state index in [1.54, 1.807) is 17.9 Å². The van der Waals surface area contributed by atoms with Crippen LogP contribution < -0.4 is 11.5 Å². The Morgan fingerprint density at radius 3 is 2.82 bits per heavy atom. The first kappa shape index (κ1) is 7.59. The third-order valence-corrected chi connectivity index (χ3v) is 1.40. The van der Waals surface area contributed by atoms with Crippen molar-refractivity contribution in [1.82, 2.24) is 9.55 Å². The number of anilines is 1. The van der Waals surface area contributed by atoms with Gasteiger partial charge in [-0.15, -0.1) is 0 Å². The lowest BCUT2D eigenvalue weighted by atomic mass is 10.3. The lowest BCUT2D eigenvalue weighted by Gasteiger charge is -1.95. The molecule has 1 aromatic heterocycles. The lowest BCUT2D eigenvalue weighted by Crippen LogP contribution is -2.15. The zero-order valence-corrected chi connectivity index (χ0v) is 6.24. The van der Waals surface area contributed by atoms with Crippen LogP contribution in [-0.4, -0.2) is 15.5 Å². The number of carbonyl (C=O) groups excluding carboxylic acids is 1. The van der Waals surface area contributed by atoms with Crippen molar-refractivity contribution in [1.29, 1.82) is 0 Å². The first-order valence-corrected chi connectivity index (χ1v) is 3.15. The molecule has 0 saturated heterocycles. The van der Waals surface area contributed by atoms with Crippen molar-refractivity contribution in [2.45, 2.75) is 6.42 Å². The van der Waals surface area contributed by atoms with Crippen LogP contribution >= 0.6 is 0 Å². The third-order valence-electron chi connectivity index (χ3n) is 1.40. The van der Waals surface area contributed by atoms with Crippen molar-refractivity contribution in [2.75, 3.05) is 5.73 Å². The van der Waals surface area contributed by atoms with Crippen LogP contribution in [0.5, 0.6) is 0 Å². The number of carbonyl (C=O) groups is 1. The smallest absolute Gasteiger partial charge is 0.223 e. The second-order valence-electron chi connectivity index (χ2n) is 2.33. The van der Waals surface area contributed by atoms with Gasteiger partial charge in [-0.1, -0.05) is 0 Å². The van der Waals surface area contributed by atoms with Gasteiger partial charge in [0.1, 0.15) is 5.82 Å². The summed E-state index contributed by atoms with van der Waals surface area (Å²) in [5.74, 6) is 0.0687. The number of hydrogen-bond acceptors (Lipinski definition) is 3. The van der Waals surface area contributed by atoms with E-state index in [0.717, 1.165) is 0 Å². The van der Waals surface area contributed by atoms with Gasteiger partial charge in [-0.25, -0.2) is 4.98 Å². The fourth-order valence-electron chi connectivity index (χ4n) is 0.789. The molecule has 1 rings (SSSR count). The minimum Gasteiger partial charge on any atom is -0.384 e. The number of amides is 1. The van der Waals surface area contributed by atoms with Gasteiger partial charge < -0.3 is 16.0 Å². The fraction of sp³-hybridized carbons (Fsp3) is 0.333. The van der Waals surface area contributed by atoms with Gasteiger partial charge in [0.25, 0.3) is 0 Å². The molecule has 0 radical (unpaired) electrons. The summed E-state index contributed by atoms with van der Waals surface area (Å²) >= 11 is 0. The van der Waals surface area contributed by atoms with E-state index in [1.807, 2.05) is 0 Å². The van der Waals surface area contributed by atoms with Crippen LogP contribution in [0, 0.1) is 0 Å². The van der Waals surface area contributed by atoms with E-state index < -0.39 is 5.91 Å². The number of aryl methyl sites for hydroxylation is 1. The predicted molar refractivity (Wildman–Crippen MR) is 40.5 cm³/mol. The van der Waals surface area contributed by atoms with Crippen LogP contribution in [0.1, 0.15) is 5.69 Å². The highest BCUT2D eigenvalue weighted by atomic mass is 16.1. The Kier molecular flexibility index (Phi) is 1.80. The lowest BCUT2D eigenvalue weighted by molar-refractivity contribution is -0.117. The second-order valence-corrected chi connectivity index (χ2v) is 2.33. The van der Waals surface area contributed by atoms with Crippen LogP contribution in [0.25, 0.3) is 0 Å². The number of primary amides is 1. The molecular weight excluding hydrogens is 144 g/mol. The molecule has 0 aliphatic heterocycles. The van der Waals surface area contributed by atoms with Gasteiger partial charge in [-0.2, -0.15) is 0 Å². The van der Waals surface area contributed by atoms with E-state index in [2.05, 4.69) is 4.98 Å². The summed E-state index contributed by atoms with van der Waals surface area (Å²) in [6.45, 7) is 0. The molecule has 60 valence electrons. The standard InChI is InChI=1S/C6H10N4O/c1-10-3-9-4(6(10)8)2-5(7)11/h3H,2,8H2,1H3,(H2,7,11). The van der Waals surface area contributed by atoms with Crippen molar-refractivity contribution in [3.63, 3.8) is 0 Å². The fourth-order valence-corrected chi connectivity index (χ4v) is 0.789. The van der Waals surface area contributed by atoms with Gasteiger partial charge in [0.05, 0.1) is 18.4 Å². The Morgan fingerprint density at radius 2 is 2.45 bits per heavy atom. The number of nitrogens with two attached hydrogens (primary N) is 2. The Bertz CT molecular complexity index is 278. The number of aromatic nitrogens is 2. The van der Waals surface area contributed by atoms with Gasteiger partial charge in [-0.05, 0) is 0 Å². The highest BCUT2D eigenvalue weighted by Crippen LogP contribution is 2.07. The summed E-state index contributed by atoms with van der Waals surface area (Å²) < 4.78 is 1.64. The van der Waals surface area contributed by atoms with Crippen molar-refractivity contribution < 1.29 is 4.79 Å². The second kappa shape index (κ2) is 2.61. The highest BCUT2D eigenvalue weighted by Gasteiger charge is 2.06. The molecule has 0 bridgehead atoms. The number of hydrogen-bond donors (Lipinski definition) is 2. The van der Waals surface area contributed by atoms with Crippen molar-refractivity contribution in [3.8, 4) is 0 Å². The van der Waals surface area contributed by atoms with Gasteiger partial charge in [0, 0.05) is 7.05 Å². The van der Waals surface area contributed by atoms with E-state index in [-0.39, 0.29) is 6.42 Å². The maximum atomic E-state index is 10.4. The highest BCUT2D eigenvalue weighted by molar-refractivity contribution is 5.77. The summed E-state index contributed by atoms with van der Waals surface area (Å²) in [5, 5.41) is 0. The molecule has 0 aliphatic rings. The normalized spacial score (nSPS) is 9.91. The minimum atomic E-state index is -0.421. The van der Waals surface area contributed by atoms with Crippen LogP contribution in [0.3, 0.4) is 0 Å². The molecule has 1 aromatic rings. The molecule has 5 heteroatoms. The van der Waals surface area contributed by atoms with Gasteiger partial charge in [0.15, 0.2) is 0 Å². The zero-order valence-electron chi connectivity index (χ0n) is 6.24. The van der Waals surface area contributed by atoms with Crippen LogP contribution in [-0.2, 0) is 18.3 Å². The van der Waals surface area contributed by atoms with E-state index in [1.165, 1.54) is 0 Å². The molecule has 4 N–H and O–H groups in total. The molecule has 0 aliphatic carbocycles. The molecule has 1 heterocycles. The summed E-state index contributed by atoms with van der Waals surface area (Å²) in [6, 6.07) is 0. The largest absolute Gasteiger partial charge is 0.384 e. The summed E-state index contributed by atoms with van der Waals surface area (Å²) in [5.41, 5.74) is 11.0. The van der Waals surface area contributed by atoms with E-state index in [4.69, 9.17) is 11.5 Å². The molecule has 1 amide bonds. The van der Waals surface area contributed by atoms with Crippen LogP contribution in [0.4, 0.5) is 5.82 Å². The molecule has 0 aromatic carbocycles. The molecule has 0 saturated carbocycles. The molecule has 0 fully saturated rings. The maximum Gasteiger partial charge on any atom is 0.223 e. The van der Waals surface area contributed by atoms with Gasteiger partial charge >= 0.3 is 0 Å². The number of nitrogens with zero attached hydrogens (tertiary/aromatic N) is 2. The van der Waals surface area contributed by atoms with Crippen LogP contribution in [0.2, 0.25) is 0 Å². The maximum absolute atomic E-state index is 10.4. The SMILES string of the molecule is Cn1cnc(CC(N)=O)c1N. The third kappa shape index (κ3) is 1.49. The molecule has 0 atom stereocenters. The zero-order chi connectivity index (χ0) is 8.43. The molecular formula is C6H10N4O. The Labute approximate surface area is 64.0 Å². The van der Waals surface area contributed by atoms with E-state index >= 15 is 0 Å². The number of nitrogen functional groups attached to an aromatic ring is 1. The summed E-state index contributed by atoms with van der Waals surface area (Å²) in [4.78, 5) is 14.3. The molecule has 5 nitrogen and oxygen atoms in total. The Balaban J connectivity index is 2.87. The van der Waals surface area contributed by atoms with Crippen molar-refractivity contribution in [3.05, 3.63) is 12.0 Å². The molecule has 11 heavy (non-hydrogen) atoms. The molecule has 0 spiro atoms. The molecule has 0 unspecified atom stereocenters. The number of imidazole rings is 1. The predicted octanol–water partition coefficient (Wildman–Crippen LogP) is -0.970. The summed E-state index contributed by atoms with van der Waals surface area (Å²) in [6.07, 6.45) is 1.65. The van der Waals surface area contributed by atoms with Crippen LogP contribution in [0.15, 0.2) is 6.33 Å². The average molecular weight is 154 g/mol. The van der Waals surface area contributed by atoms with Crippen molar-refractivity contribution >= 4 is 11.7 Å². The Morgan fingerprint density at radius 1 is 1.82 bits per heavy atom. The van der Waals surface area contributed by atoms with Crippen molar-refractivity contribution in [2.24, 2.45) is 12.8 Å².